The number of likely N-dealkylation sites (tertiary alicyclic amines) is 2. The monoisotopic (exact) mass is 939 g/mol. The van der Waals surface area contributed by atoms with E-state index in [-0.39, 0.29) is 76.5 Å². The highest BCUT2D eigenvalue weighted by Crippen LogP contribution is 2.22. The number of rotatable bonds is 27. The second-order valence-corrected chi connectivity index (χ2v) is 17.1. The molecule has 15 N–H and O–H groups in total. The summed E-state index contributed by atoms with van der Waals surface area (Å²) >= 11 is 0. The molecule has 0 bridgehead atoms. The van der Waals surface area contributed by atoms with Gasteiger partial charge in [-0.15, -0.1) is 0 Å². The van der Waals surface area contributed by atoms with Crippen LogP contribution in [0.5, 0.6) is 0 Å². The first-order valence-electron chi connectivity index (χ1n) is 22.3. The van der Waals surface area contributed by atoms with Crippen LogP contribution < -0.4 is 48.7 Å². The SMILES string of the molecule is CC[C@H](C)[C@H](NC(=O)[C@@H](N)CCC(=O)O)C(=O)N1CCC[C@H]1C(=O)NCC(=O)N[C@H](C(=O)N[C@@H](CCCNC(=N)N)C(=O)NCC(=O)N1CCC[C@H]1C(=O)N[C@@H](CC(C)C)C(=O)O)[C@@H](C)O. The minimum absolute atomic E-state index is 0.0334. The van der Waals surface area contributed by atoms with Crippen molar-refractivity contribution in [3.8, 4) is 0 Å². The van der Waals surface area contributed by atoms with Crippen LogP contribution in [0.15, 0.2) is 0 Å². The van der Waals surface area contributed by atoms with Gasteiger partial charge < -0.3 is 73.8 Å². The summed E-state index contributed by atoms with van der Waals surface area (Å²) in [5.41, 5.74) is 11.2. The Kier molecular flexibility index (Phi) is 23.2. The number of guanidine groups is 1. The average Bonchev–Trinajstić information content (AvgIpc) is 3.96. The van der Waals surface area contributed by atoms with Crippen molar-refractivity contribution < 1.29 is 63.3 Å². The Labute approximate surface area is 383 Å². The van der Waals surface area contributed by atoms with Crippen molar-refractivity contribution in [2.75, 3.05) is 32.7 Å². The third-order valence-electron chi connectivity index (χ3n) is 11.4. The van der Waals surface area contributed by atoms with Gasteiger partial charge in [-0.3, -0.25) is 48.6 Å². The molecule has 0 radical (unpaired) electrons. The molecule has 2 saturated heterocycles. The van der Waals surface area contributed by atoms with Crippen LogP contribution in [0.3, 0.4) is 0 Å². The van der Waals surface area contributed by atoms with Crippen molar-refractivity contribution in [2.24, 2.45) is 23.3 Å². The van der Waals surface area contributed by atoms with Gasteiger partial charge in [0.2, 0.25) is 47.3 Å². The molecule has 0 saturated carbocycles. The number of aliphatic carboxylic acids is 2. The zero-order valence-corrected chi connectivity index (χ0v) is 38.4. The summed E-state index contributed by atoms with van der Waals surface area (Å²) < 4.78 is 0. The molecular weight excluding hydrogens is 869 g/mol. The van der Waals surface area contributed by atoms with E-state index in [1.54, 1.807) is 27.7 Å². The van der Waals surface area contributed by atoms with Crippen LogP contribution in [0.25, 0.3) is 0 Å². The number of nitrogens with one attached hydrogen (secondary N) is 8. The third-order valence-corrected chi connectivity index (χ3v) is 11.4. The highest BCUT2D eigenvalue weighted by molar-refractivity contribution is 5.97. The predicted molar refractivity (Wildman–Crippen MR) is 235 cm³/mol. The van der Waals surface area contributed by atoms with Crippen molar-refractivity contribution >= 4 is 65.2 Å². The van der Waals surface area contributed by atoms with Crippen molar-refractivity contribution in [3.63, 3.8) is 0 Å². The number of carboxylic acids is 2. The normalized spacial score (nSPS) is 18.9. The number of hydrogen-bond donors (Lipinski definition) is 13. The summed E-state index contributed by atoms with van der Waals surface area (Å²) in [5.74, 6) is -9.15. The molecule has 0 aromatic rings. The number of aliphatic hydroxyl groups excluding tert-OH is 1. The number of hydrogen-bond acceptors (Lipinski definition) is 13. The van der Waals surface area contributed by atoms with Gasteiger partial charge in [0.05, 0.1) is 25.2 Å². The first-order chi connectivity index (χ1) is 31.0. The molecule has 0 unspecified atom stereocenters. The lowest BCUT2D eigenvalue weighted by Crippen LogP contribution is -2.59. The van der Waals surface area contributed by atoms with Gasteiger partial charge in [-0.25, -0.2) is 4.79 Å². The Morgan fingerprint density at radius 1 is 0.727 bits per heavy atom. The van der Waals surface area contributed by atoms with E-state index in [0.29, 0.717) is 19.3 Å². The van der Waals surface area contributed by atoms with Gasteiger partial charge in [0, 0.05) is 26.1 Å². The second-order valence-electron chi connectivity index (χ2n) is 17.1. The summed E-state index contributed by atoms with van der Waals surface area (Å²) in [5, 5.41) is 53.8. The maximum absolute atomic E-state index is 13.8. The topological polar surface area (TPSA) is 398 Å². The fourth-order valence-electron chi connectivity index (χ4n) is 7.50. The maximum atomic E-state index is 13.8. The number of nitrogens with two attached hydrogens (primary N) is 2. The quantitative estimate of drug-likeness (QED) is 0.0213. The maximum Gasteiger partial charge on any atom is 0.326 e. The highest BCUT2D eigenvalue weighted by Gasteiger charge is 2.40. The van der Waals surface area contributed by atoms with Gasteiger partial charge in [0.15, 0.2) is 5.96 Å². The zero-order chi connectivity index (χ0) is 49.8. The molecule has 2 fully saturated rings. The van der Waals surface area contributed by atoms with Crippen LogP contribution in [0.4, 0.5) is 0 Å². The molecule has 2 aliphatic rings. The molecule has 372 valence electrons. The van der Waals surface area contributed by atoms with Crippen LogP contribution in [-0.4, -0.2) is 171 Å². The van der Waals surface area contributed by atoms with E-state index < -0.39 is 127 Å². The van der Waals surface area contributed by atoms with Crippen molar-refractivity contribution in [1.82, 2.24) is 47.0 Å². The van der Waals surface area contributed by atoms with Crippen LogP contribution in [0.1, 0.15) is 98.8 Å². The summed E-state index contributed by atoms with van der Waals surface area (Å²) in [6.45, 7) is 7.50. The Morgan fingerprint density at radius 3 is 1.91 bits per heavy atom. The molecule has 8 amide bonds. The summed E-state index contributed by atoms with van der Waals surface area (Å²) in [6, 6.07) is -8.43. The number of amides is 8. The lowest BCUT2D eigenvalue weighted by atomic mass is 9.96. The summed E-state index contributed by atoms with van der Waals surface area (Å²) in [6.07, 6.45) is 0.0806. The number of nitrogens with zero attached hydrogens (tertiary/aromatic N) is 2. The van der Waals surface area contributed by atoms with Crippen LogP contribution in [-0.2, 0) is 47.9 Å². The minimum atomic E-state index is -1.65. The molecular formula is C41H70N12O13. The number of carbonyl (C=O) groups excluding carboxylic acids is 8. The van der Waals surface area contributed by atoms with E-state index in [9.17, 15) is 58.2 Å². The van der Waals surface area contributed by atoms with E-state index in [2.05, 4.69) is 37.2 Å². The Balaban J connectivity index is 2.10. The highest BCUT2D eigenvalue weighted by atomic mass is 16.4. The molecule has 2 rings (SSSR count). The fourth-order valence-corrected chi connectivity index (χ4v) is 7.50. The van der Waals surface area contributed by atoms with Gasteiger partial charge >= 0.3 is 11.9 Å². The average molecular weight is 939 g/mol. The first kappa shape index (κ1) is 56.0. The van der Waals surface area contributed by atoms with Crippen LogP contribution >= 0.6 is 0 Å². The van der Waals surface area contributed by atoms with E-state index in [4.69, 9.17) is 22.0 Å². The number of aliphatic hydroxyl groups is 1. The molecule has 0 aromatic carbocycles. The smallest absolute Gasteiger partial charge is 0.326 e. The lowest BCUT2D eigenvalue weighted by molar-refractivity contribution is -0.144. The number of carbonyl (C=O) groups is 10. The van der Waals surface area contributed by atoms with E-state index >= 15 is 0 Å². The lowest BCUT2D eigenvalue weighted by Gasteiger charge is -2.32. The molecule has 2 heterocycles. The largest absolute Gasteiger partial charge is 0.481 e. The molecule has 0 aromatic heterocycles. The molecule has 0 aliphatic carbocycles. The summed E-state index contributed by atoms with van der Waals surface area (Å²) in [4.78, 5) is 132. The van der Waals surface area contributed by atoms with Gasteiger partial charge in [-0.05, 0) is 70.1 Å². The predicted octanol–water partition coefficient (Wildman–Crippen LogP) is -3.85. The van der Waals surface area contributed by atoms with Gasteiger partial charge in [0.25, 0.3) is 0 Å². The van der Waals surface area contributed by atoms with Crippen LogP contribution in [0, 0.1) is 17.2 Å². The molecule has 25 nitrogen and oxygen atoms in total. The molecule has 66 heavy (non-hydrogen) atoms. The third kappa shape index (κ3) is 18.0. The molecule has 2 aliphatic heterocycles. The van der Waals surface area contributed by atoms with E-state index in [1.807, 2.05) is 0 Å². The van der Waals surface area contributed by atoms with Crippen molar-refractivity contribution in [1.29, 1.82) is 5.41 Å². The molecule has 9 atom stereocenters. The Bertz CT molecular complexity index is 1760. The molecule has 25 heteroatoms. The second kappa shape index (κ2) is 27.4. The molecule has 0 spiro atoms. The number of carboxylic acid groups (broad SMARTS) is 2. The van der Waals surface area contributed by atoms with E-state index in [0.717, 1.165) is 0 Å². The van der Waals surface area contributed by atoms with Gasteiger partial charge in [-0.1, -0.05) is 34.1 Å². The Morgan fingerprint density at radius 2 is 1.35 bits per heavy atom. The first-order valence-corrected chi connectivity index (χ1v) is 22.3. The van der Waals surface area contributed by atoms with Gasteiger partial charge in [0.1, 0.15) is 36.3 Å². The zero-order valence-electron chi connectivity index (χ0n) is 38.4. The minimum Gasteiger partial charge on any atom is -0.481 e. The fraction of sp³-hybridized carbons (Fsp3) is 0.732. The van der Waals surface area contributed by atoms with Crippen molar-refractivity contribution in [2.45, 2.75) is 147 Å². The van der Waals surface area contributed by atoms with Gasteiger partial charge in [-0.2, -0.15) is 0 Å². The summed E-state index contributed by atoms with van der Waals surface area (Å²) in [7, 11) is 0. The standard InChI is InChI=1S/C41H70N12O13/c1-6-22(4)32(51-34(59)24(42)13-14-31(57)58)39(64)53-17-9-11-27(53)36(61)46-19-29(55)50-33(23(5)54)38(63)48-25(10-7-15-45-41(43)44)35(60)47-20-30(56)52-16-8-12-28(52)37(62)49-26(40(65)66)18-21(2)3/h21-28,32-33,54H,6-20,42H2,1-5H3,(H,46,61)(H,47,60)(H,48,63)(H,49,62)(H,50,55)(H,51,59)(H,57,58)(H,65,66)(H4,43,44,45)/t22-,23+,24-,25-,26-,27-,28-,32-,33-/m0/s1. The van der Waals surface area contributed by atoms with Crippen LogP contribution in [0.2, 0.25) is 0 Å². The Hall–Kier alpha value is -6.11. The van der Waals surface area contributed by atoms with Crippen molar-refractivity contribution in [3.05, 3.63) is 0 Å². The van der Waals surface area contributed by atoms with E-state index in [1.165, 1.54) is 16.7 Å².